The lowest BCUT2D eigenvalue weighted by atomic mass is 9.97. The summed E-state index contributed by atoms with van der Waals surface area (Å²) in [6.07, 6.45) is 5.48. The number of thiol groups is 1. The van der Waals surface area contributed by atoms with Gasteiger partial charge in [0.25, 0.3) is 0 Å². The predicted octanol–water partition coefficient (Wildman–Crippen LogP) is 5.12. The van der Waals surface area contributed by atoms with Crippen LogP contribution >= 0.6 is 24.4 Å². The van der Waals surface area contributed by atoms with Crippen LogP contribution in [0.2, 0.25) is 5.02 Å². The van der Waals surface area contributed by atoms with Gasteiger partial charge in [0.05, 0.1) is 5.92 Å². The fourth-order valence-corrected chi connectivity index (χ4v) is 4.77. The van der Waals surface area contributed by atoms with Crippen LogP contribution in [-0.4, -0.2) is 28.3 Å². The number of aldehydes is 1. The second kappa shape index (κ2) is 11.0. The van der Waals surface area contributed by atoms with E-state index in [0.29, 0.717) is 28.9 Å². The maximum Gasteiger partial charge on any atom is 0.228 e. The number of benzene rings is 1. The van der Waals surface area contributed by atoms with Crippen molar-refractivity contribution >= 4 is 53.9 Å². The summed E-state index contributed by atoms with van der Waals surface area (Å²) in [5.74, 6) is 0.564. The molecule has 1 N–H and O–H groups in total. The van der Waals surface area contributed by atoms with E-state index in [1.165, 1.54) is 6.33 Å². The normalized spacial score (nSPS) is 16.2. The van der Waals surface area contributed by atoms with Gasteiger partial charge in [-0.15, -0.1) is 0 Å². The Labute approximate surface area is 200 Å². The van der Waals surface area contributed by atoms with Crippen LogP contribution in [0.1, 0.15) is 52.0 Å². The topological polar surface area (TPSA) is 78.4 Å². The number of amides is 1. The molecule has 2 heterocycles. The number of halogens is 1. The molecule has 0 spiro atoms. The first-order chi connectivity index (χ1) is 15.4. The fraction of sp³-hybridized carbons (Fsp3) is 0.478. The van der Waals surface area contributed by atoms with Crippen LogP contribution in [0.15, 0.2) is 30.6 Å². The van der Waals surface area contributed by atoms with Crippen molar-refractivity contribution in [2.45, 2.75) is 59.2 Å². The molecule has 1 aliphatic heterocycles. The van der Waals surface area contributed by atoms with Gasteiger partial charge in [-0.3, -0.25) is 9.10 Å². The number of hydrogen-bond acceptors (Lipinski definition) is 7. The molecule has 1 aromatic carbocycles. The van der Waals surface area contributed by atoms with Crippen LogP contribution in [-0.2, 0) is 16.1 Å². The molecule has 0 aliphatic carbocycles. The average Bonchev–Trinajstić information content (AvgIpc) is 3.07. The highest BCUT2D eigenvalue weighted by atomic mass is 35.5. The van der Waals surface area contributed by atoms with E-state index in [-0.39, 0.29) is 23.9 Å². The molecule has 32 heavy (non-hydrogen) atoms. The maximum absolute atomic E-state index is 13.0. The molecule has 0 fully saturated rings. The summed E-state index contributed by atoms with van der Waals surface area (Å²) in [6.45, 7) is 6.50. The lowest BCUT2D eigenvalue weighted by molar-refractivity contribution is -0.120. The Morgan fingerprint density at radius 3 is 2.47 bits per heavy atom. The minimum atomic E-state index is -0.379. The molecule has 1 aromatic heterocycles. The summed E-state index contributed by atoms with van der Waals surface area (Å²) in [4.78, 5) is 35.5. The molecule has 2 atom stereocenters. The molecule has 0 saturated carbocycles. The lowest BCUT2D eigenvalue weighted by Gasteiger charge is -2.31. The number of fused-ring (bicyclic) bond motifs is 1. The van der Waals surface area contributed by atoms with Gasteiger partial charge in [-0.1, -0.05) is 70.2 Å². The van der Waals surface area contributed by atoms with Gasteiger partial charge >= 0.3 is 0 Å². The largest absolute Gasteiger partial charge is 0.328 e. The number of aromatic nitrogens is 2. The van der Waals surface area contributed by atoms with Gasteiger partial charge in [0, 0.05) is 17.5 Å². The molecule has 172 valence electrons. The third kappa shape index (κ3) is 5.18. The van der Waals surface area contributed by atoms with E-state index in [9.17, 15) is 9.59 Å². The summed E-state index contributed by atoms with van der Waals surface area (Å²) in [7, 11) is 0. The number of nitrogens with zero attached hydrogens (tertiary/aromatic N) is 4. The number of hydrogen-bond donors (Lipinski definition) is 2. The quantitative estimate of drug-likeness (QED) is 0.367. The molecule has 0 radical (unpaired) electrons. The average molecular weight is 476 g/mol. The van der Waals surface area contributed by atoms with Crippen molar-refractivity contribution in [2.75, 3.05) is 14.5 Å². The number of carbonyl (C=O) groups excluding carboxylic acids is 2. The van der Waals surface area contributed by atoms with Crippen molar-refractivity contribution < 1.29 is 9.59 Å². The third-order valence-electron chi connectivity index (χ3n) is 5.71. The molecule has 0 saturated heterocycles. The number of rotatable bonds is 10. The molecule has 9 heteroatoms. The van der Waals surface area contributed by atoms with E-state index in [1.807, 2.05) is 36.1 Å². The molecule has 7 nitrogen and oxygen atoms in total. The zero-order chi connectivity index (χ0) is 23.3. The van der Waals surface area contributed by atoms with Crippen LogP contribution in [0.4, 0.5) is 17.3 Å². The zero-order valence-electron chi connectivity index (χ0n) is 18.7. The smallest absolute Gasteiger partial charge is 0.228 e. The van der Waals surface area contributed by atoms with Gasteiger partial charge in [0.2, 0.25) is 5.91 Å². The third-order valence-corrected chi connectivity index (χ3v) is 6.40. The summed E-state index contributed by atoms with van der Waals surface area (Å²) in [5, 5.41) is 3.66. The zero-order valence-corrected chi connectivity index (χ0v) is 20.3. The van der Waals surface area contributed by atoms with Crippen LogP contribution in [0.3, 0.4) is 0 Å². The Morgan fingerprint density at radius 2 is 1.88 bits per heavy atom. The fourth-order valence-electron chi connectivity index (χ4n) is 4.13. The Bertz CT molecular complexity index is 936. The van der Waals surface area contributed by atoms with Gasteiger partial charge in [0.15, 0.2) is 11.6 Å². The van der Waals surface area contributed by atoms with Gasteiger partial charge in [-0.2, -0.15) is 0 Å². The van der Waals surface area contributed by atoms with Crippen LogP contribution in [0.25, 0.3) is 0 Å². The van der Waals surface area contributed by atoms with E-state index < -0.39 is 0 Å². The molecular weight excluding hydrogens is 446 g/mol. The maximum atomic E-state index is 13.0. The summed E-state index contributed by atoms with van der Waals surface area (Å²) in [5.41, 5.74) is 1.62. The van der Waals surface area contributed by atoms with Crippen molar-refractivity contribution in [1.82, 2.24) is 9.97 Å². The number of anilines is 3. The first-order valence-corrected chi connectivity index (χ1v) is 11.8. The second-order valence-corrected chi connectivity index (χ2v) is 9.03. The second-order valence-electron chi connectivity index (χ2n) is 8.17. The Hall–Kier alpha value is -2.32. The van der Waals surface area contributed by atoms with E-state index in [1.54, 1.807) is 4.31 Å². The Morgan fingerprint density at radius 1 is 1.22 bits per heavy atom. The Balaban J connectivity index is 1.96. The summed E-state index contributed by atoms with van der Waals surface area (Å²) >= 11 is 10.7. The molecule has 3 rings (SSSR count). The molecule has 2 aromatic rings. The highest BCUT2D eigenvalue weighted by molar-refractivity contribution is 7.81. The van der Waals surface area contributed by atoms with Gasteiger partial charge in [-0.25, -0.2) is 9.97 Å². The van der Waals surface area contributed by atoms with E-state index in [4.69, 9.17) is 24.4 Å². The van der Waals surface area contributed by atoms with E-state index in [2.05, 4.69) is 29.1 Å². The van der Waals surface area contributed by atoms with Crippen LogP contribution < -0.4 is 14.5 Å². The molecule has 1 aliphatic rings. The van der Waals surface area contributed by atoms with Gasteiger partial charge < -0.3 is 15.0 Å². The molecule has 2 unspecified atom stereocenters. The van der Waals surface area contributed by atoms with Crippen molar-refractivity contribution in [3.63, 3.8) is 0 Å². The first-order valence-electron chi connectivity index (χ1n) is 11.0. The summed E-state index contributed by atoms with van der Waals surface area (Å²) in [6, 6.07) is 7.54. The molecular formula is C23H30ClN5O2S. The van der Waals surface area contributed by atoms with Gasteiger partial charge in [0.1, 0.15) is 24.5 Å². The van der Waals surface area contributed by atoms with Crippen LogP contribution in [0, 0.1) is 11.8 Å². The summed E-state index contributed by atoms with van der Waals surface area (Å²) < 4.78 is 1.69. The monoisotopic (exact) mass is 475 g/mol. The highest BCUT2D eigenvalue weighted by Gasteiger charge is 2.41. The molecule has 0 bridgehead atoms. The van der Waals surface area contributed by atoms with Gasteiger partial charge in [-0.05, 0) is 30.5 Å². The van der Waals surface area contributed by atoms with Crippen molar-refractivity contribution in [3.8, 4) is 0 Å². The van der Waals surface area contributed by atoms with Crippen molar-refractivity contribution in [1.29, 1.82) is 0 Å². The minimum Gasteiger partial charge on any atom is -0.328 e. The Kier molecular flexibility index (Phi) is 8.37. The van der Waals surface area contributed by atoms with Crippen LogP contribution in [0.5, 0.6) is 0 Å². The predicted molar refractivity (Wildman–Crippen MR) is 132 cm³/mol. The van der Waals surface area contributed by atoms with E-state index in [0.717, 1.165) is 37.5 Å². The first kappa shape index (κ1) is 24.3. The SMILES string of the molecule is CCCC(CCC)C(=O)Nc1ncnc2c1N(S)C(C(C)C=O)N2Cc1ccc(Cl)cc1. The molecule has 1 amide bonds. The standard InChI is InChI=1S/C23H30ClN5O2S/c1-4-6-17(7-5-2)22(31)27-20-19-21(26-14-25-20)28(23(29(19)32)15(3)13-30)12-16-8-10-18(24)11-9-16/h8-11,13-15,17,23,32H,4-7,12H2,1-3H3,(H,25,26,27,31). The highest BCUT2D eigenvalue weighted by Crippen LogP contribution is 2.45. The number of nitrogens with one attached hydrogen (secondary N) is 1. The minimum absolute atomic E-state index is 0.0486. The lowest BCUT2D eigenvalue weighted by Crippen LogP contribution is -2.44. The van der Waals surface area contributed by atoms with Crippen molar-refractivity contribution in [2.24, 2.45) is 11.8 Å². The van der Waals surface area contributed by atoms with Crippen molar-refractivity contribution in [3.05, 3.63) is 41.2 Å². The van der Waals surface area contributed by atoms with E-state index >= 15 is 0 Å². The number of carbonyl (C=O) groups is 2.